The largest absolute Gasteiger partial charge is 0.329 e. The summed E-state index contributed by atoms with van der Waals surface area (Å²) in [5.74, 6) is 2.72. The van der Waals surface area contributed by atoms with Crippen molar-refractivity contribution >= 4 is 17.6 Å². The smallest absolute Gasteiger partial charge is 0.194 e. The number of nitrogens with zero attached hydrogens (tertiary/aromatic N) is 5. The fourth-order valence-corrected chi connectivity index (χ4v) is 4.27. The van der Waals surface area contributed by atoms with Gasteiger partial charge in [-0.2, -0.15) is 0 Å². The molecule has 0 aliphatic carbocycles. The van der Waals surface area contributed by atoms with E-state index in [-0.39, 0.29) is 10.8 Å². The molecule has 0 fully saturated rings. The summed E-state index contributed by atoms with van der Waals surface area (Å²) >= 11 is 1.70. The number of benzene rings is 1. The van der Waals surface area contributed by atoms with E-state index >= 15 is 0 Å². The van der Waals surface area contributed by atoms with Crippen molar-refractivity contribution in [2.24, 2.45) is 0 Å². The molecule has 0 saturated carbocycles. The van der Waals surface area contributed by atoms with Crippen molar-refractivity contribution in [1.82, 2.24) is 19.7 Å². The molecule has 5 nitrogen and oxygen atoms in total. The van der Waals surface area contributed by atoms with Crippen LogP contribution >= 0.6 is 11.8 Å². The predicted octanol–water partition coefficient (Wildman–Crippen LogP) is 5.46. The van der Waals surface area contributed by atoms with Crippen LogP contribution in [0.2, 0.25) is 0 Å². The summed E-state index contributed by atoms with van der Waals surface area (Å²) < 4.78 is 2.21. The summed E-state index contributed by atoms with van der Waals surface area (Å²) in [6, 6.07) is 12.9. The fourth-order valence-electron chi connectivity index (χ4n) is 3.39. The Labute approximate surface area is 177 Å². The van der Waals surface area contributed by atoms with E-state index in [4.69, 9.17) is 0 Å². The van der Waals surface area contributed by atoms with Crippen molar-refractivity contribution < 1.29 is 0 Å². The molecule has 0 radical (unpaired) electrons. The highest BCUT2D eigenvalue weighted by atomic mass is 32.2. The van der Waals surface area contributed by atoms with Gasteiger partial charge in [-0.1, -0.05) is 65.4 Å². The normalized spacial score (nSPS) is 14.8. The van der Waals surface area contributed by atoms with Gasteiger partial charge in [-0.3, -0.25) is 4.57 Å². The molecule has 0 bridgehead atoms. The maximum absolute atomic E-state index is 4.59. The quantitative estimate of drug-likeness (QED) is 0.564. The molecular formula is C23H29N5S. The Hall–Kier alpha value is -2.34. The highest BCUT2D eigenvalue weighted by Gasteiger charge is 2.26. The SMILES string of the molecule is CC(C)(C)c1cc(-c2nnc3n2CN(c2ccccn2)CS3)cc(C(C)(C)C)c1. The minimum Gasteiger partial charge on any atom is -0.329 e. The van der Waals surface area contributed by atoms with E-state index in [0.29, 0.717) is 6.67 Å². The van der Waals surface area contributed by atoms with Crippen molar-refractivity contribution in [1.29, 1.82) is 0 Å². The monoisotopic (exact) mass is 407 g/mol. The molecule has 1 aromatic carbocycles. The van der Waals surface area contributed by atoms with Crippen LogP contribution in [0.15, 0.2) is 47.8 Å². The average molecular weight is 408 g/mol. The van der Waals surface area contributed by atoms with Crippen LogP contribution in [-0.2, 0) is 17.5 Å². The standard InChI is InChI=1S/C23H29N5S/c1-22(2,3)17-11-16(12-18(13-17)23(4,5)6)20-25-26-21-28(20)14-27(15-29-21)19-9-7-8-10-24-19/h7-13H,14-15H2,1-6H3. The van der Waals surface area contributed by atoms with Crippen molar-refractivity contribution in [2.45, 2.75) is 64.2 Å². The first-order valence-corrected chi connectivity index (χ1v) is 11.0. The maximum atomic E-state index is 4.59. The van der Waals surface area contributed by atoms with Crippen LogP contribution in [0.5, 0.6) is 0 Å². The number of pyridine rings is 1. The summed E-state index contributed by atoms with van der Waals surface area (Å²) in [5, 5.41) is 10.0. The lowest BCUT2D eigenvalue weighted by atomic mass is 9.79. The zero-order valence-electron chi connectivity index (χ0n) is 18.1. The molecule has 152 valence electrons. The molecule has 0 atom stereocenters. The zero-order valence-corrected chi connectivity index (χ0v) is 18.9. The summed E-state index contributed by atoms with van der Waals surface area (Å²) in [6.07, 6.45) is 1.84. The Morgan fingerprint density at radius 1 is 0.897 bits per heavy atom. The highest BCUT2D eigenvalue weighted by molar-refractivity contribution is 7.99. The molecular weight excluding hydrogens is 378 g/mol. The average Bonchev–Trinajstić information content (AvgIpc) is 3.10. The zero-order chi connectivity index (χ0) is 20.8. The van der Waals surface area contributed by atoms with Gasteiger partial charge >= 0.3 is 0 Å². The topological polar surface area (TPSA) is 46.8 Å². The lowest BCUT2D eigenvalue weighted by Crippen LogP contribution is -2.31. The van der Waals surface area contributed by atoms with Crippen LogP contribution in [0.25, 0.3) is 11.4 Å². The lowest BCUT2D eigenvalue weighted by Gasteiger charge is -2.29. The van der Waals surface area contributed by atoms with Crippen LogP contribution in [0.1, 0.15) is 52.7 Å². The van der Waals surface area contributed by atoms with E-state index < -0.39 is 0 Å². The third-order valence-electron chi connectivity index (χ3n) is 5.27. The molecule has 0 N–H and O–H groups in total. The lowest BCUT2D eigenvalue weighted by molar-refractivity contribution is 0.568. The van der Waals surface area contributed by atoms with Gasteiger partial charge in [0.05, 0.1) is 5.88 Å². The van der Waals surface area contributed by atoms with Crippen molar-refractivity contribution in [3.05, 3.63) is 53.7 Å². The summed E-state index contributed by atoms with van der Waals surface area (Å²) in [5.41, 5.74) is 3.90. The molecule has 2 aromatic heterocycles. The van der Waals surface area contributed by atoms with Crippen molar-refractivity contribution in [3.63, 3.8) is 0 Å². The second-order valence-corrected chi connectivity index (χ2v) is 10.6. The van der Waals surface area contributed by atoms with E-state index in [1.54, 1.807) is 11.8 Å². The molecule has 4 rings (SSSR count). The van der Waals surface area contributed by atoms with E-state index in [1.807, 2.05) is 24.4 Å². The second-order valence-electron chi connectivity index (χ2n) is 9.68. The first-order chi connectivity index (χ1) is 13.6. The molecule has 0 saturated heterocycles. The third-order valence-corrected chi connectivity index (χ3v) is 6.28. The number of thioether (sulfide) groups is 1. The molecule has 1 aliphatic heterocycles. The first kappa shape index (κ1) is 20.0. The molecule has 0 spiro atoms. The minimum atomic E-state index is 0.0650. The summed E-state index contributed by atoms with van der Waals surface area (Å²) in [6.45, 7) is 14.3. The summed E-state index contributed by atoms with van der Waals surface area (Å²) in [4.78, 5) is 6.77. The van der Waals surface area contributed by atoms with Crippen LogP contribution in [-0.4, -0.2) is 25.6 Å². The minimum absolute atomic E-state index is 0.0650. The van der Waals surface area contributed by atoms with Crippen LogP contribution in [0, 0.1) is 0 Å². The number of hydrogen-bond donors (Lipinski definition) is 0. The van der Waals surface area contributed by atoms with Gasteiger partial charge in [0.1, 0.15) is 12.5 Å². The van der Waals surface area contributed by atoms with Gasteiger partial charge in [0.25, 0.3) is 0 Å². The fraction of sp³-hybridized carbons (Fsp3) is 0.435. The first-order valence-electron chi connectivity index (χ1n) is 10.0. The van der Waals surface area contributed by atoms with Crippen LogP contribution in [0.3, 0.4) is 0 Å². The predicted molar refractivity (Wildman–Crippen MR) is 120 cm³/mol. The van der Waals surface area contributed by atoms with Gasteiger partial charge in [-0.15, -0.1) is 10.2 Å². The van der Waals surface area contributed by atoms with E-state index in [9.17, 15) is 0 Å². The van der Waals surface area contributed by atoms with Gasteiger partial charge in [-0.05, 0) is 46.2 Å². The molecule has 3 aromatic rings. The van der Waals surface area contributed by atoms with Gasteiger partial charge in [0, 0.05) is 11.8 Å². The molecule has 6 heteroatoms. The van der Waals surface area contributed by atoms with Gasteiger partial charge in [0.2, 0.25) is 0 Å². The molecule has 0 unspecified atom stereocenters. The Balaban J connectivity index is 1.78. The van der Waals surface area contributed by atoms with Crippen molar-refractivity contribution in [2.75, 3.05) is 10.8 Å². The Kier molecular flexibility index (Phi) is 4.93. The van der Waals surface area contributed by atoms with Gasteiger partial charge in [0.15, 0.2) is 11.0 Å². The van der Waals surface area contributed by atoms with E-state index in [2.05, 4.69) is 84.4 Å². The van der Waals surface area contributed by atoms with Crippen LogP contribution in [0.4, 0.5) is 5.82 Å². The highest BCUT2D eigenvalue weighted by Crippen LogP contribution is 2.36. The van der Waals surface area contributed by atoms with Crippen molar-refractivity contribution in [3.8, 4) is 11.4 Å². The Morgan fingerprint density at radius 2 is 1.59 bits per heavy atom. The van der Waals surface area contributed by atoms with Crippen LogP contribution < -0.4 is 4.90 Å². The molecule has 1 aliphatic rings. The third kappa shape index (κ3) is 4.04. The number of hydrogen-bond acceptors (Lipinski definition) is 5. The summed E-state index contributed by atoms with van der Waals surface area (Å²) in [7, 11) is 0. The molecule has 3 heterocycles. The number of fused-ring (bicyclic) bond motifs is 1. The Morgan fingerprint density at radius 3 is 2.17 bits per heavy atom. The maximum Gasteiger partial charge on any atom is 0.194 e. The number of aromatic nitrogens is 4. The van der Waals surface area contributed by atoms with E-state index in [0.717, 1.165) is 28.2 Å². The van der Waals surface area contributed by atoms with Gasteiger partial charge < -0.3 is 4.90 Å². The van der Waals surface area contributed by atoms with E-state index in [1.165, 1.54) is 11.1 Å². The number of rotatable bonds is 2. The second kappa shape index (κ2) is 7.17. The Bertz CT molecular complexity index is 980. The van der Waals surface area contributed by atoms with Gasteiger partial charge in [-0.25, -0.2) is 4.98 Å². The number of anilines is 1. The molecule has 0 amide bonds. The molecule has 29 heavy (non-hydrogen) atoms.